The van der Waals surface area contributed by atoms with Crippen molar-refractivity contribution in [2.24, 2.45) is 17.4 Å². The second kappa shape index (κ2) is 39.4. The minimum Gasteiger partial charge on any atom is -0.480 e. The van der Waals surface area contributed by atoms with Crippen molar-refractivity contribution in [3.05, 3.63) is 256 Å². The fraction of sp³-hybridized carbons (Fsp3) is 0.241. The summed E-state index contributed by atoms with van der Waals surface area (Å²) in [6, 6.07) is 27.1. The summed E-state index contributed by atoms with van der Waals surface area (Å²) in [7, 11) is 0. The number of nitrogens with zero attached hydrogens (tertiary/aromatic N) is 9. The Morgan fingerprint density at radius 3 is 0.944 bits per heavy atom. The lowest BCUT2D eigenvalue weighted by Gasteiger charge is -2.22. The van der Waals surface area contributed by atoms with Gasteiger partial charge < -0.3 is 40.6 Å². The molecule has 0 fully saturated rings. The molecule has 0 saturated heterocycles. The van der Waals surface area contributed by atoms with Gasteiger partial charge in [0.1, 0.15) is 50.0 Å². The van der Waals surface area contributed by atoms with Crippen molar-refractivity contribution in [3.63, 3.8) is 0 Å². The third-order valence-electron chi connectivity index (χ3n) is 18.5. The van der Waals surface area contributed by atoms with Crippen LogP contribution >= 0.6 is 92.8 Å². The zero-order chi connectivity index (χ0) is 89.0. The van der Waals surface area contributed by atoms with E-state index in [1.54, 1.807) is 87.7 Å². The van der Waals surface area contributed by atoms with Gasteiger partial charge in [0.2, 0.25) is 0 Å². The first-order chi connectivity index (χ1) is 58.6. The number of hydrogen-bond donors (Lipinski definition) is 4. The minimum absolute atomic E-state index is 0. The van der Waals surface area contributed by atoms with Crippen LogP contribution in [0, 0.1) is 5.92 Å². The number of aromatic nitrogens is 9. The second-order valence-corrected chi connectivity index (χ2v) is 34.6. The Hall–Kier alpha value is -11.8. The molecule has 6 aromatic carbocycles. The smallest absolute Gasteiger partial charge is 0.416 e. The number of ether oxygens (including phenoxy) is 4. The Kier molecular flexibility index (Phi) is 29.7. The highest BCUT2D eigenvalue weighted by Gasteiger charge is 2.34. The zero-order valence-corrected chi connectivity index (χ0v) is 72.3. The van der Waals surface area contributed by atoms with E-state index in [9.17, 15) is 82.7 Å². The second-order valence-electron chi connectivity index (χ2n) is 29.0. The van der Waals surface area contributed by atoms with Crippen LogP contribution in [0.5, 0.6) is 17.2 Å². The first-order valence-corrected chi connectivity index (χ1v) is 42.3. The van der Waals surface area contributed by atoms with Crippen LogP contribution in [-0.2, 0) is 110 Å². The molecule has 0 spiro atoms. The van der Waals surface area contributed by atoms with Crippen LogP contribution in [0.2, 0.25) is 0 Å². The lowest BCUT2D eigenvalue weighted by atomic mass is 10.0. The number of carboxylic acid groups (broad SMARTS) is 2. The van der Waals surface area contributed by atoms with Crippen molar-refractivity contribution in [1.82, 2.24) is 44.3 Å². The van der Waals surface area contributed by atoms with Crippen molar-refractivity contribution in [3.8, 4) is 17.2 Å². The van der Waals surface area contributed by atoms with Gasteiger partial charge in [0.15, 0.2) is 0 Å². The first kappa shape index (κ1) is 94.9. The number of rotatable bonds is 24. The summed E-state index contributed by atoms with van der Waals surface area (Å²) in [6.45, 7) is 6.98. The molecule has 15 rings (SSSR count). The van der Waals surface area contributed by atoms with Gasteiger partial charge in [-0.3, -0.25) is 43.2 Å². The largest absolute Gasteiger partial charge is 0.480 e. The van der Waals surface area contributed by atoms with Gasteiger partial charge in [-0.05, 0) is 148 Å². The molecule has 9 heterocycles. The fourth-order valence-electron chi connectivity index (χ4n) is 12.5. The number of nitrogens with two attached hydrogens (primary N) is 2. The van der Waals surface area contributed by atoms with Gasteiger partial charge in [-0.15, -0.1) is 58.8 Å². The first-order valence-electron chi connectivity index (χ1n) is 37.0. The summed E-state index contributed by atoms with van der Waals surface area (Å²) in [5.74, 6) is -3.97. The SMILES string of the molecule is C[C@@H](Cc1ccc(OC(=O)Cc2nn(Cc3nc4cc(C(F)(F)F)ccc4s3)c(=O)c3cscc23)cc1)C(=O)OC(C)(C)C.Cl.Cl.N[C@@H](Cc1ccc(OC(=O)Cc2nn(Cc3nc4cc(C(F)(F)F)ccc4s3)c(=O)c3cscc23)cc1)C(=O)O.N[C@@H](Cc1ccc(OC(=O)Cc2nn(Cc3nc4cc(C(F)(F)F)ccc4s3)c(=O)c3cscc23)cc1)C(=O)O. The van der Waals surface area contributed by atoms with Crippen molar-refractivity contribution < 1.29 is 97.4 Å². The highest BCUT2D eigenvalue weighted by atomic mass is 35.5. The van der Waals surface area contributed by atoms with Gasteiger partial charge in [0, 0.05) is 48.4 Å². The standard InChI is InChI=1S/C31H28F3N3O5S2.2C26H19F3N4O5S2.2ClH/c1-17(29(40)42-30(2,3)4)11-18-5-8-20(9-6-18)41-27(38)13-23-21-15-43-16-22(21)28(39)37(36-23)14-26-35-24-12-19(31(32,33)34)7-10-25(24)44-26;2*27-26(28,29)14-3-6-21-20(8-14)31-22(40-21)10-33-24(35)17-12-39-11-16(17)19(32-33)9-23(34)38-15-4-1-13(2-5-15)7-18(30)25(36)37;;/h5-10,12,15-17H,11,13-14H2,1-4H3;2*1-6,8,11-12,18H,7,9-10,30H2,(H,36,37);2*1H/t17-;2*18-;;/m000../s1. The van der Waals surface area contributed by atoms with E-state index in [2.05, 4.69) is 30.2 Å². The van der Waals surface area contributed by atoms with Crippen LogP contribution in [-0.4, -0.2) is 108 Å². The Morgan fingerprint density at radius 2 is 0.683 bits per heavy atom. The Balaban J connectivity index is 0.000000182. The highest BCUT2D eigenvalue weighted by molar-refractivity contribution is 7.19. The maximum absolute atomic E-state index is 13.1. The molecule has 9 aromatic heterocycles. The number of fused-ring (bicyclic) bond motifs is 6. The number of carbonyl (C=O) groups excluding carboxylic acids is 4. The van der Waals surface area contributed by atoms with Gasteiger partial charge in [0.05, 0.1) is 125 Å². The fourth-order valence-corrected chi connectivity index (χ4v) is 17.8. The number of carboxylic acids is 2. The zero-order valence-electron chi connectivity index (χ0n) is 65.7. The molecular weight excluding hydrogens is 1830 g/mol. The van der Waals surface area contributed by atoms with Crippen LogP contribution in [0.1, 0.15) is 93.2 Å². The van der Waals surface area contributed by atoms with E-state index in [1.165, 1.54) is 81.2 Å². The number of benzene rings is 6. The third-order valence-corrected chi connectivity index (χ3v) is 23.8. The summed E-state index contributed by atoms with van der Waals surface area (Å²) in [5.41, 5.74) is 10.5. The third kappa shape index (κ3) is 23.7. The molecule has 0 unspecified atom stereocenters. The summed E-state index contributed by atoms with van der Waals surface area (Å²) in [5, 5.41) is 44.9. The number of thiazole rings is 3. The quantitative estimate of drug-likeness (QED) is 0.0248. The maximum atomic E-state index is 13.1. The predicted octanol–water partition coefficient (Wildman–Crippen LogP) is 16.1. The average Bonchev–Trinajstić information content (AvgIpc) is 1.61. The van der Waals surface area contributed by atoms with E-state index in [0.717, 1.165) is 85.3 Å². The van der Waals surface area contributed by atoms with Crippen molar-refractivity contribution in [2.45, 2.75) is 122 Å². The summed E-state index contributed by atoms with van der Waals surface area (Å²) < 4.78 is 145. The molecule has 6 N–H and O–H groups in total. The molecule has 3 atom stereocenters. The number of aliphatic carboxylic acids is 2. The number of esters is 4. The van der Waals surface area contributed by atoms with E-state index >= 15 is 0 Å². The molecule has 126 heavy (non-hydrogen) atoms. The number of carbonyl (C=O) groups is 6. The van der Waals surface area contributed by atoms with Crippen LogP contribution in [0.25, 0.3) is 63.0 Å². The molecule has 0 aliphatic heterocycles. The van der Waals surface area contributed by atoms with Gasteiger partial charge in [0.25, 0.3) is 16.7 Å². The normalized spacial score (nSPS) is 12.5. The van der Waals surface area contributed by atoms with Crippen molar-refractivity contribution >= 4 is 192 Å². The predicted molar refractivity (Wildman–Crippen MR) is 462 cm³/mol. The Labute approximate surface area is 741 Å². The Bertz CT molecular complexity index is 6520. The maximum Gasteiger partial charge on any atom is 0.416 e. The molecule has 0 aliphatic carbocycles. The van der Waals surface area contributed by atoms with Crippen LogP contribution in [0.3, 0.4) is 0 Å². The van der Waals surface area contributed by atoms with E-state index in [-0.39, 0.29) is 116 Å². The lowest BCUT2D eigenvalue weighted by molar-refractivity contribution is -0.159. The minimum atomic E-state index is -4.50. The molecule has 15 aromatic rings. The number of halogens is 11. The Morgan fingerprint density at radius 1 is 0.413 bits per heavy atom. The van der Waals surface area contributed by atoms with E-state index in [4.69, 9.17) is 40.6 Å². The van der Waals surface area contributed by atoms with Gasteiger partial charge in [-0.1, -0.05) is 43.3 Å². The average molecular weight is 1890 g/mol. The number of thiophene rings is 3. The molecule has 43 heteroatoms. The summed E-state index contributed by atoms with van der Waals surface area (Å²) in [6.07, 6.45) is -13.5. The van der Waals surface area contributed by atoms with Crippen molar-refractivity contribution in [1.29, 1.82) is 0 Å². The van der Waals surface area contributed by atoms with Gasteiger partial charge >= 0.3 is 54.3 Å². The molecular formula is C83H68Cl2F9N11O15S6. The molecule has 0 aliphatic rings. The molecule has 0 bridgehead atoms. The molecule has 0 amide bonds. The van der Waals surface area contributed by atoms with Crippen LogP contribution < -0.4 is 42.4 Å². The summed E-state index contributed by atoms with van der Waals surface area (Å²) in [4.78, 5) is 125. The van der Waals surface area contributed by atoms with E-state index in [0.29, 0.717) is 102 Å². The topological polar surface area (TPSA) is 375 Å². The lowest BCUT2D eigenvalue weighted by Crippen LogP contribution is -2.32. The number of hydrogen-bond acceptors (Lipinski definition) is 27. The van der Waals surface area contributed by atoms with Crippen LogP contribution in [0.15, 0.2) is 174 Å². The van der Waals surface area contributed by atoms with Crippen LogP contribution in [0.4, 0.5) is 39.5 Å². The molecule has 0 radical (unpaired) electrons. The van der Waals surface area contributed by atoms with Gasteiger partial charge in [-0.2, -0.15) is 88.8 Å². The van der Waals surface area contributed by atoms with Crippen molar-refractivity contribution in [2.75, 3.05) is 0 Å². The summed E-state index contributed by atoms with van der Waals surface area (Å²) >= 11 is 7.28. The number of alkyl halides is 9. The highest BCUT2D eigenvalue weighted by Crippen LogP contribution is 2.37. The monoisotopic (exact) mass is 1890 g/mol. The van der Waals surface area contributed by atoms with Gasteiger partial charge in [-0.25, -0.2) is 29.0 Å². The molecule has 26 nitrogen and oxygen atoms in total. The molecule has 658 valence electrons. The molecule has 0 saturated carbocycles. The van der Waals surface area contributed by atoms with E-state index in [1.807, 2.05) is 20.8 Å². The van der Waals surface area contributed by atoms with E-state index < -0.39 is 99.4 Å².